The summed E-state index contributed by atoms with van der Waals surface area (Å²) in [7, 11) is 0. The van der Waals surface area contributed by atoms with Gasteiger partial charge in [-0.3, -0.25) is 0 Å². The van der Waals surface area contributed by atoms with Gasteiger partial charge in [0.1, 0.15) is 0 Å². The van der Waals surface area contributed by atoms with Crippen molar-refractivity contribution in [2.24, 2.45) is 0 Å². The Morgan fingerprint density at radius 3 is 2.15 bits per heavy atom. The molecule has 0 amide bonds. The number of hydrogen-bond acceptors (Lipinski definition) is 2. The lowest BCUT2D eigenvalue weighted by Crippen LogP contribution is -2.34. The maximum atomic E-state index is 9.07. The average molecular weight is 338 g/mol. The van der Waals surface area contributed by atoms with Gasteiger partial charge in [-0.2, -0.15) is 5.26 Å². The summed E-state index contributed by atoms with van der Waals surface area (Å²) >= 11 is 0. The number of rotatable bonds is 4. The first-order valence-corrected chi connectivity index (χ1v) is 9.21. The Balaban J connectivity index is 1.67. The summed E-state index contributed by atoms with van der Waals surface area (Å²) in [5, 5.41) is 9.07. The van der Waals surface area contributed by atoms with Crippen LogP contribution in [0.4, 0.5) is 5.69 Å². The number of anilines is 1. The maximum absolute atomic E-state index is 9.07. The molecular weight excluding hydrogens is 316 g/mol. The lowest BCUT2D eigenvalue weighted by molar-refractivity contribution is 0.585. The van der Waals surface area contributed by atoms with Gasteiger partial charge >= 0.3 is 0 Å². The van der Waals surface area contributed by atoms with Gasteiger partial charge in [0, 0.05) is 24.2 Å². The van der Waals surface area contributed by atoms with Crippen molar-refractivity contribution >= 4 is 5.69 Å². The van der Waals surface area contributed by atoms with Crippen molar-refractivity contribution < 1.29 is 0 Å². The highest BCUT2D eigenvalue weighted by molar-refractivity contribution is 5.53. The average Bonchev–Trinajstić information content (AvgIpc) is 3.13. The van der Waals surface area contributed by atoms with E-state index >= 15 is 0 Å². The van der Waals surface area contributed by atoms with Crippen LogP contribution >= 0.6 is 0 Å². The predicted molar refractivity (Wildman–Crippen MR) is 106 cm³/mol. The van der Waals surface area contributed by atoms with E-state index in [1.807, 2.05) is 12.1 Å². The van der Waals surface area contributed by atoms with Crippen LogP contribution in [0.25, 0.3) is 0 Å². The topological polar surface area (TPSA) is 27.0 Å². The van der Waals surface area contributed by atoms with Gasteiger partial charge in [-0.05, 0) is 48.2 Å². The van der Waals surface area contributed by atoms with Crippen LogP contribution < -0.4 is 4.90 Å². The largest absolute Gasteiger partial charge is 0.368 e. The molecule has 3 aromatic carbocycles. The third kappa shape index (κ3) is 3.34. The number of nitriles is 1. The second kappa shape index (κ2) is 7.45. The van der Waals surface area contributed by atoms with Crippen molar-refractivity contribution in [3.05, 3.63) is 102 Å². The lowest BCUT2D eigenvalue weighted by Gasteiger charge is -2.30. The summed E-state index contributed by atoms with van der Waals surface area (Å²) in [5.41, 5.74) is 4.72. The molecule has 26 heavy (non-hydrogen) atoms. The van der Waals surface area contributed by atoms with Crippen LogP contribution in [-0.4, -0.2) is 12.6 Å². The van der Waals surface area contributed by atoms with Crippen molar-refractivity contribution in [3.8, 4) is 6.07 Å². The Morgan fingerprint density at radius 2 is 1.50 bits per heavy atom. The summed E-state index contributed by atoms with van der Waals surface area (Å²) < 4.78 is 0. The molecule has 1 saturated heterocycles. The summed E-state index contributed by atoms with van der Waals surface area (Å²) in [6.45, 7) is 1.04. The zero-order valence-electron chi connectivity index (χ0n) is 14.8. The van der Waals surface area contributed by atoms with Gasteiger partial charge in [0.15, 0.2) is 0 Å². The molecule has 1 aliphatic rings. The minimum Gasteiger partial charge on any atom is -0.368 e. The zero-order chi connectivity index (χ0) is 17.8. The molecule has 0 saturated carbocycles. The van der Waals surface area contributed by atoms with Crippen LogP contribution in [0, 0.1) is 11.3 Å². The molecule has 0 bridgehead atoms. The normalized spacial score (nSPS) is 19.3. The molecule has 1 heterocycles. The smallest absolute Gasteiger partial charge is 0.0991 e. The van der Waals surface area contributed by atoms with E-state index < -0.39 is 0 Å². The Hall–Kier alpha value is -3.05. The van der Waals surface area contributed by atoms with Crippen molar-refractivity contribution in [2.45, 2.75) is 24.8 Å². The standard InChI is InChI=1S/C24H22N2/c25-18-20-11-13-22(14-12-20)26-16-15-23(21-9-5-2-6-10-21)24(26)17-19-7-3-1-4-8-19/h1-14,23-24H,15-17H2/t23-,24-/m0/s1. The van der Waals surface area contributed by atoms with Crippen molar-refractivity contribution in [3.63, 3.8) is 0 Å². The van der Waals surface area contributed by atoms with Crippen LogP contribution in [0.3, 0.4) is 0 Å². The molecular formula is C24H22N2. The fourth-order valence-corrected chi connectivity index (χ4v) is 4.10. The van der Waals surface area contributed by atoms with Gasteiger partial charge in [0.05, 0.1) is 11.6 Å². The Bertz CT molecular complexity index is 879. The van der Waals surface area contributed by atoms with Crippen LogP contribution in [0.5, 0.6) is 0 Å². The Labute approximate surface area is 155 Å². The highest BCUT2D eigenvalue weighted by Crippen LogP contribution is 2.38. The molecule has 0 N–H and O–H groups in total. The monoisotopic (exact) mass is 338 g/mol. The van der Waals surface area contributed by atoms with E-state index in [4.69, 9.17) is 5.26 Å². The summed E-state index contributed by atoms with van der Waals surface area (Å²) in [4.78, 5) is 2.52. The molecule has 0 aromatic heterocycles. The van der Waals surface area contributed by atoms with Crippen LogP contribution in [0.2, 0.25) is 0 Å². The third-order valence-electron chi connectivity index (χ3n) is 5.39. The third-order valence-corrected chi connectivity index (χ3v) is 5.39. The van der Waals surface area contributed by atoms with E-state index in [-0.39, 0.29) is 0 Å². The summed E-state index contributed by atoms with van der Waals surface area (Å²) in [6, 6.07) is 32.3. The van der Waals surface area contributed by atoms with Crippen molar-refractivity contribution in [1.29, 1.82) is 5.26 Å². The van der Waals surface area contributed by atoms with Crippen LogP contribution in [0.15, 0.2) is 84.9 Å². The number of nitrogens with zero attached hydrogens (tertiary/aromatic N) is 2. The van der Waals surface area contributed by atoms with Crippen molar-refractivity contribution in [2.75, 3.05) is 11.4 Å². The zero-order valence-corrected chi connectivity index (χ0v) is 14.8. The van der Waals surface area contributed by atoms with E-state index in [2.05, 4.69) is 83.8 Å². The van der Waals surface area contributed by atoms with E-state index in [1.54, 1.807) is 0 Å². The summed E-state index contributed by atoms with van der Waals surface area (Å²) in [6.07, 6.45) is 2.18. The quantitative estimate of drug-likeness (QED) is 0.657. The summed E-state index contributed by atoms with van der Waals surface area (Å²) in [5.74, 6) is 0.520. The Morgan fingerprint density at radius 1 is 0.846 bits per heavy atom. The van der Waals surface area contributed by atoms with Gasteiger partial charge < -0.3 is 4.90 Å². The molecule has 2 atom stereocenters. The number of hydrogen-bond donors (Lipinski definition) is 0. The number of benzene rings is 3. The highest BCUT2D eigenvalue weighted by Gasteiger charge is 2.35. The van der Waals surface area contributed by atoms with Gasteiger partial charge in [-0.25, -0.2) is 0 Å². The second-order valence-electron chi connectivity index (χ2n) is 6.91. The predicted octanol–water partition coefficient (Wildman–Crippen LogP) is 5.16. The molecule has 1 aliphatic heterocycles. The van der Waals surface area contributed by atoms with Crippen LogP contribution in [0.1, 0.15) is 29.0 Å². The van der Waals surface area contributed by atoms with Gasteiger partial charge in [-0.15, -0.1) is 0 Å². The second-order valence-corrected chi connectivity index (χ2v) is 6.91. The van der Waals surface area contributed by atoms with Crippen molar-refractivity contribution in [1.82, 2.24) is 0 Å². The van der Waals surface area contributed by atoms with E-state index in [1.165, 1.54) is 16.8 Å². The lowest BCUT2D eigenvalue weighted by atomic mass is 9.88. The van der Waals surface area contributed by atoms with Crippen LogP contribution in [-0.2, 0) is 6.42 Å². The molecule has 0 unspecified atom stereocenters. The molecule has 2 nitrogen and oxygen atoms in total. The first-order chi connectivity index (χ1) is 12.8. The molecule has 0 spiro atoms. The van der Waals surface area contributed by atoms with Gasteiger partial charge in [0.2, 0.25) is 0 Å². The minimum absolute atomic E-state index is 0.424. The highest BCUT2D eigenvalue weighted by atomic mass is 15.2. The van der Waals surface area contributed by atoms with E-state index in [0.717, 1.165) is 19.4 Å². The fourth-order valence-electron chi connectivity index (χ4n) is 4.10. The van der Waals surface area contributed by atoms with Gasteiger partial charge in [-0.1, -0.05) is 60.7 Å². The molecule has 128 valence electrons. The maximum Gasteiger partial charge on any atom is 0.0991 e. The first-order valence-electron chi connectivity index (χ1n) is 9.21. The molecule has 0 aliphatic carbocycles. The fraction of sp³-hybridized carbons (Fsp3) is 0.208. The van der Waals surface area contributed by atoms with Gasteiger partial charge in [0.25, 0.3) is 0 Å². The molecule has 1 fully saturated rings. The van der Waals surface area contributed by atoms with E-state index in [9.17, 15) is 0 Å². The molecule has 0 radical (unpaired) electrons. The van der Waals surface area contributed by atoms with E-state index in [0.29, 0.717) is 17.5 Å². The molecule has 4 rings (SSSR count). The SMILES string of the molecule is N#Cc1ccc(N2CC[C@@H](c3ccccc3)[C@@H]2Cc2ccccc2)cc1. The molecule has 3 aromatic rings. The Kier molecular flexibility index (Phi) is 4.71. The molecule has 2 heteroatoms. The first kappa shape index (κ1) is 16.4. The minimum atomic E-state index is 0.424.